The number of hydrogen-bond acceptors (Lipinski definition) is 5. The number of carbonyl (C=O) groups is 1. The van der Waals surface area contributed by atoms with E-state index in [0.717, 1.165) is 23.9 Å². The number of fused-ring (bicyclic) bond motifs is 1. The molecule has 7 heteroatoms. The molecule has 2 N–H and O–H groups in total. The molecule has 2 aromatic rings. The van der Waals surface area contributed by atoms with Crippen molar-refractivity contribution in [1.82, 2.24) is 20.2 Å². The predicted octanol–water partition coefficient (Wildman–Crippen LogP) is 2.12. The standard InChI is InChI=1S/C18H24N4OS2/c23-18(9-22-12-19-16-3-1-2-4-17(16)22)21-15-6-5-14(15)20-13-10-24-7-8-25-11-13/h1-4,12-15,20H,5-11H2,(H,21,23)/t14-,15+/m1/s1. The highest BCUT2D eigenvalue weighted by Crippen LogP contribution is 2.23. The fourth-order valence-electron chi connectivity index (χ4n) is 3.43. The maximum absolute atomic E-state index is 12.5. The van der Waals surface area contributed by atoms with Crippen molar-refractivity contribution in [2.24, 2.45) is 0 Å². The van der Waals surface area contributed by atoms with Gasteiger partial charge in [-0.05, 0) is 25.0 Å². The molecule has 4 rings (SSSR count). The average molecular weight is 377 g/mol. The molecule has 1 saturated heterocycles. The van der Waals surface area contributed by atoms with Crippen LogP contribution in [0.15, 0.2) is 30.6 Å². The molecule has 0 spiro atoms. The maximum atomic E-state index is 12.5. The van der Waals surface area contributed by atoms with Crippen molar-refractivity contribution in [3.05, 3.63) is 30.6 Å². The van der Waals surface area contributed by atoms with Crippen molar-refractivity contribution < 1.29 is 4.79 Å². The zero-order chi connectivity index (χ0) is 17.1. The highest BCUT2D eigenvalue weighted by atomic mass is 32.2. The van der Waals surface area contributed by atoms with Crippen LogP contribution in [0.3, 0.4) is 0 Å². The zero-order valence-electron chi connectivity index (χ0n) is 14.2. The molecule has 0 bridgehead atoms. The van der Waals surface area contributed by atoms with E-state index in [-0.39, 0.29) is 11.9 Å². The molecular weight excluding hydrogens is 352 g/mol. The molecule has 1 aromatic heterocycles. The first-order valence-corrected chi connectivity index (χ1v) is 11.2. The van der Waals surface area contributed by atoms with Crippen LogP contribution in [0, 0.1) is 0 Å². The lowest BCUT2D eigenvalue weighted by Gasteiger charge is -2.40. The number of carbonyl (C=O) groups excluding carboxylic acids is 1. The van der Waals surface area contributed by atoms with E-state index in [9.17, 15) is 4.79 Å². The van der Waals surface area contributed by atoms with Crippen LogP contribution >= 0.6 is 23.5 Å². The van der Waals surface area contributed by atoms with Gasteiger partial charge in [0.1, 0.15) is 6.54 Å². The smallest absolute Gasteiger partial charge is 0.240 e. The molecule has 1 aromatic carbocycles. The molecular formula is C18H24N4OS2. The minimum atomic E-state index is 0.0734. The Morgan fingerprint density at radius 3 is 2.68 bits per heavy atom. The van der Waals surface area contributed by atoms with Gasteiger partial charge >= 0.3 is 0 Å². The molecule has 2 fully saturated rings. The average Bonchev–Trinajstić information content (AvgIpc) is 2.84. The number of benzene rings is 1. The van der Waals surface area contributed by atoms with E-state index >= 15 is 0 Å². The highest BCUT2D eigenvalue weighted by molar-refractivity contribution is 8.03. The van der Waals surface area contributed by atoms with Crippen LogP contribution in [-0.2, 0) is 11.3 Å². The van der Waals surface area contributed by atoms with Gasteiger partial charge in [0.15, 0.2) is 0 Å². The van der Waals surface area contributed by atoms with E-state index < -0.39 is 0 Å². The van der Waals surface area contributed by atoms with E-state index in [1.165, 1.54) is 23.0 Å². The fraction of sp³-hybridized carbons (Fsp3) is 0.556. The van der Waals surface area contributed by atoms with Gasteiger partial charge in [-0.2, -0.15) is 23.5 Å². The number of para-hydroxylation sites is 2. The van der Waals surface area contributed by atoms with Crippen LogP contribution in [0.1, 0.15) is 12.8 Å². The van der Waals surface area contributed by atoms with Gasteiger partial charge < -0.3 is 15.2 Å². The number of rotatable bonds is 5. The zero-order valence-corrected chi connectivity index (χ0v) is 15.8. The third kappa shape index (κ3) is 4.15. The second-order valence-corrected chi connectivity index (χ2v) is 9.03. The number of hydrogen-bond donors (Lipinski definition) is 2. The van der Waals surface area contributed by atoms with Crippen molar-refractivity contribution in [2.45, 2.75) is 37.5 Å². The van der Waals surface area contributed by atoms with Crippen LogP contribution < -0.4 is 10.6 Å². The molecule has 1 aliphatic carbocycles. The lowest BCUT2D eigenvalue weighted by atomic mass is 9.86. The second kappa shape index (κ2) is 8.01. The lowest BCUT2D eigenvalue weighted by molar-refractivity contribution is -0.123. The van der Waals surface area contributed by atoms with Gasteiger partial charge in [0, 0.05) is 41.1 Å². The summed E-state index contributed by atoms with van der Waals surface area (Å²) in [4.78, 5) is 16.8. The van der Waals surface area contributed by atoms with Gasteiger partial charge in [0.25, 0.3) is 0 Å². The Morgan fingerprint density at radius 2 is 1.92 bits per heavy atom. The van der Waals surface area contributed by atoms with E-state index in [1.807, 2.05) is 52.4 Å². The predicted molar refractivity (Wildman–Crippen MR) is 106 cm³/mol. The first-order valence-electron chi connectivity index (χ1n) is 8.90. The Morgan fingerprint density at radius 1 is 1.16 bits per heavy atom. The van der Waals surface area contributed by atoms with Crippen LogP contribution in [0.25, 0.3) is 11.0 Å². The lowest BCUT2D eigenvalue weighted by Crippen LogP contribution is -2.60. The first-order chi connectivity index (χ1) is 12.3. The molecule has 1 saturated carbocycles. The van der Waals surface area contributed by atoms with Crippen molar-refractivity contribution in [3.8, 4) is 0 Å². The summed E-state index contributed by atoms with van der Waals surface area (Å²) in [5.74, 6) is 4.96. The molecule has 1 aliphatic heterocycles. The molecule has 134 valence electrons. The molecule has 25 heavy (non-hydrogen) atoms. The molecule has 2 atom stereocenters. The number of nitrogens with one attached hydrogen (secondary N) is 2. The number of imidazole rings is 1. The summed E-state index contributed by atoms with van der Waals surface area (Å²) < 4.78 is 1.92. The van der Waals surface area contributed by atoms with E-state index in [1.54, 1.807) is 6.33 Å². The third-order valence-corrected chi connectivity index (χ3v) is 7.44. The molecule has 1 amide bonds. The third-order valence-electron chi connectivity index (χ3n) is 4.92. The maximum Gasteiger partial charge on any atom is 0.240 e. The van der Waals surface area contributed by atoms with E-state index in [0.29, 0.717) is 18.6 Å². The molecule has 0 unspecified atom stereocenters. The number of thioether (sulfide) groups is 2. The van der Waals surface area contributed by atoms with Gasteiger partial charge in [-0.15, -0.1) is 0 Å². The van der Waals surface area contributed by atoms with E-state index in [2.05, 4.69) is 15.6 Å². The molecule has 2 aliphatic rings. The van der Waals surface area contributed by atoms with Crippen molar-refractivity contribution in [1.29, 1.82) is 0 Å². The van der Waals surface area contributed by atoms with E-state index in [4.69, 9.17) is 0 Å². The fourth-order valence-corrected chi connectivity index (χ4v) is 5.85. The molecule has 5 nitrogen and oxygen atoms in total. The van der Waals surface area contributed by atoms with Crippen LogP contribution in [0.5, 0.6) is 0 Å². The normalized spacial score (nSPS) is 24.6. The van der Waals surface area contributed by atoms with Gasteiger partial charge in [-0.25, -0.2) is 4.98 Å². The number of aromatic nitrogens is 2. The van der Waals surface area contributed by atoms with Crippen molar-refractivity contribution in [3.63, 3.8) is 0 Å². The number of nitrogens with zero attached hydrogens (tertiary/aromatic N) is 2. The molecule has 0 radical (unpaired) electrons. The summed E-state index contributed by atoms with van der Waals surface area (Å²) in [6.45, 7) is 0.332. The first kappa shape index (κ1) is 17.2. The molecule has 2 heterocycles. The van der Waals surface area contributed by atoms with Crippen LogP contribution in [-0.4, -0.2) is 56.6 Å². The Bertz CT molecular complexity index is 727. The second-order valence-electron chi connectivity index (χ2n) is 6.73. The van der Waals surface area contributed by atoms with Crippen LogP contribution in [0.2, 0.25) is 0 Å². The minimum absolute atomic E-state index is 0.0734. The Hall–Kier alpha value is -1.18. The number of amides is 1. The summed E-state index contributed by atoms with van der Waals surface area (Å²) in [6, 6.07) is 9.18. The quantitative estimate of drug-likeness (QED) is 0.837. The summed E-state index contributed by atoms with van der Waals surface area (Å²) in [6.07, 6.45) is 3.98. The Labute approximate surface area is 156 Å². The largest absolute Gasteiger partial charge is 0.350 e. The van der Waals surface area contributed by atoms with Gasteiger partial charge in [-0.3, -0.25) is 4.79 Å². The minimum Gasteiger partial charge on any atom is -0.350 e. The van der Waals surface area contributed by atoms with Gasteiger partial charge in [0.05, 0.1) is 17.4 Å². The monoisotopic (exact) mass is 376 g/mol. The van der Waals surface area contributed by atoms with Gasteiger partial charge in [-0.1, -0.05) is 12.1 Å². The Kier molecular flexibility index (Phi) is 5.53. The van der Waals surface area contributed by atoms with Gasteiger partial charge in [0.2, 0.25) is 5.91 Å². The van der Waals surface area contributed by atoms with Crippen LogP contribution in [0.4, 0.5) is 0 Å². The summed E-state index contributed by atoms with van der Waals surface area (Å²) >= 11 is 4.08. The van der Waals surface area contributed by atoms with Crippen molar-refractivity contribution in [2.75, 3.05) is 23.0 Å². The summed E-state index contributed by atoms with van der Waals surface area (Å²) in [7, 11) is 0. The summed E-state index contributed by atoms with van der Waals surface area (Å²) in [5.41, 5.74) is 1.94. The van der Waals surface area contributed by atoms with Crippen molar-refractivity contribution >= 4 is 40.5 Å². The SMILES string of the molecule is O=C(Cn1cnc2ccccc21)N[C@H]1CC[C@H]1NC1CSCCSC1. The Balaban J connectivity index is 1.30. The topological polar surface area (TPSA) is 59.0 Å². The summed E-state index contributed by atoms with van der Waals surface area (Å²) in [5, 5.41) is 6.97. The highest BCUT2D eigenvalue weighted by Gasteiger charge is 2.33.